The standard InChI is InChI=1S/C19H22Cl2N4O2/c1-4-13(27-3)9-22-15-7-11(2)23-19-18(15)24-17(26)10-25(19)16-6-5-12(20)8-14(16)21/h5-8,13H,4,9-10H2,1-3H3,(H,22,23)(H,24,26). The van der Waals surface area contributed by atoms with Crippen molar-refractivity contribution in [2.24, 2.45) is 0 Å². The zero-order valence-corrected chi connectivity index (χ0v) is 17.0. The number of aryl methyl sites for hydroxylation is 1. The van der Waals surface area contributed by atoms with Crippen LogP contribution >= 0.6 is 23.2 Å². The zero-order valence-electron chi connectivity index (χ0n) is 15.5. The second-order valence-electron chi connectivity index (χ2n) is 6.39. The lowest BCUT2D eigenvalue weighted by atomic mass is 10.1. The Morgan fingerprint density at radius 1 is 1.37 bits per heavy atom. The summed E-state index contributed by atoms with van der Waals surface area (Å²) in [5.41, 5.74) is 2.95. The number of methoxy groups -OCH3 is 1. The molecule has 1 amide bonds. The summed E-state index contributed by atoms with van der Waals surface area (Å²) < 4.78 is 5.43. The fourth-order valence-corrected chi connectivity index (χ4v) is 3.54. The third-order valence-corrected chi connectivity index (χ3v) is 5.00. The van der Waals surface area contributed by atoms with Gasteiger partial charge in [0, 0.05) is 24.4 Å². The second-order valence-corrected chi connectivity index (χ2v) is 7.23. The topological polar surface area (TPSA) is 66.5 Å². The lowest BCUT2D eigenvalue weighted by Crippen LogP contribution is -2.36. The highest BCUT2D eigenvalue weighted by atomic mass is 35.5. The van der Waals surface area contributed by atoms with Crippen LogP contribution in [0.1, 0.15) is 19.0 Å². The molecule has 8 heteroatoms. The predicted octanol–water partition coefficient (Wildman–Crippen LogP) is 4.62. The fraction of sp³-hybridized carbons (Fsp3) is 0.368. The summed E-state index contributed by atoms with van der Waals surface area (Å²) in [6.07, 6.45) is 0.962. The van der Waals surface area contributed by atoms with Crippen molar-refractivity contribution in [3.05, 3.63) is 40.0 Å². The van der Waals surface area contributed by atoms with Crippen molar-refractivity contribution < 1.29 is 9.53 Å². The summed E-state index contributed by atoms with van der Waals surface area (Å²) in [5.74, 6) is 0.507. The number of carbonyl (C=O) groups excluding carboxylic acids is 1. The van der Waals surface area contributed by atoms with Gasteiger partial charge in [-0.05, 0) is 37.6 Å². The van der Waals surface area contributed by atoms with E-state index in [1.807, 2.05) is 13.0 Å². The molecule has 2 heterocycles. The van der Waals surface area contributed by atoms with Gasteiger partial charge in [-0.2, -0.15) is 0 Å². The summed E-state index contributed by atoms with van der Waals surface area (Å²) in [6.45, 7) is 4.73. The first-order valence-corrected chi connectivity index (χ1v) is 9.49. The molecule has 2 N–H and O–H groups in total. The van der Waals surface area contributed by atoms with Crippen LogP contribution in [0.2, 0.25) is 10.0 Å². The van der Waals surface area contributed by atoms with Crippen LogP contribution < -0.4 is 15.5 Å². The Labute approximate surface area is 168 Å². The third kappa shape index (κ3) is 4.29. The molecule has 1 aromatic carbocycles. The van der Waals surface area contributed by atoms with Crippen LogP contribution in [-0.2, 0) is 9.53 Å². The van der Waals surface area contributed by atoms with Gasteiger partial charge in [0.25, 0.3) is 0 Å². The first-order valence-electron chi connectivity index (χ1n) is 8.73. The van der Waals surface area contributed by atoms with E-state index in [-0.39, 0.29) is 18.6 Å². The van der Waals surface area contributed by atoms with Gasteiger partial charge < -0.3 is 20.3 Å². The maximum Gasteiger partial charge on any atom is 0.244 e. The molecule has 0 saturated heterocycles. The van der Waals surface area contributed by atoms with Gasteiger partial charge in [-0.1, -0.05) is 30.1 Å². The van der Waals surface area contributed by atoms with E-state index in [0.29, 0.717) is 33.8 Å². The Kier molecular flexibility index (Phi) is 6.09. The minimum Gasteiger partial charge on any atom is -0.381 e. The van der Waals surface area contributed by atoms with E-state index in [0.717, 1.165) is 17.8 Å². The van der Waals surface area contributed by atoms with Crippen LogP contribution in [0.3, 0.4) is 0 Å². The van der Waals surface area contributed by atoms with Crippen molar-refractivity contribution in [1.82, 2.24) is 4.98 Å². The average molecular weight is 409 g/mol. The van der Waals surface area contributed by atoms with Crippen molar-refractivity contribution in [3.63, 3.8) is 0 Å². The number of amides is 1. The molecule has 1 aliphatic heterocycles. The number of carbonyl (C=O) groups is 1. The van der Waals surface area contributed by atoms with Gasteiger partial charge in [0.05, 0.1) is 22.5 Å². The maximum absolute atomic E-state index is 12.4. The number of hydrogen-bond donors (Lipinski definition) is 2. The van der Waals surface area contributed by atoms with Crippen molar-refractivity contribution in [1.29, 1.82) is 0 Å². The van der Waals surface area contributed by atoms with E-state index in [4.69, 9.17) is 27.9 Å². The number of ether oxygens (including phenoxy) is 1. The Hall–Kier alpha value is -2.02. The van der Waals surface area contributed by atoms with Crippen molar-refractivity contribution in [2.45, 2.75) is 26.4 Å². The average Bonchev–Trinajstić information content (AvgIpc) is 2.62. The van der Waals surface area contributed by atoms with Crippen LogP contribution in [0.25, 0.3) is 0 Å². The molecule has 0 saturated carbocycles. The molecular formula is C19H22Cl2N4O2. The molecule has 0 radical (unpaired) electrons. The van der Waals surface area contributed by atoms with E-state index in [1.165, 1.54) is 0 Å². The first kappa shape index (κ1) is 19.7. The number of halogens is 2. The summed E-state index contributed by atoms with van der Waals surface area (Å²) in [5, 5.41) is 7.30. The van der Waals surface area contributed by atoms with Gasteiger partial charge in [-0.25, -0.2) is 4.98 Å². The van der Waals surface area contributed by atoms with Gasteiger partial charge in [0.15, 0.2) is 5.82 Å². The lowest BCUT2D eigenvalue weighted by Gasteiger charge is -2.32. The largest absolute Gasteiger partial charge is 0.381 e. The molecule has 144 valence electrons. The number of rotatable bonds is 6. The Morgan fingerprint density at radius 2 is 2.15 bits per heavy atom. The monoisotopic (exact) mass is 408 g/mol. The molecule has 0 bridgehead atoms. The van der Waals surface area contributed by atoms with Crippen LogP contribution in [0, 0.1) is 6.92 Å². The number of aromatic nitrogens is 1. The van der Waals surface area contributed by atoms with Crippen molar-refractivity contribution in [2.75, 3.05) is 35.7 Å². The number of benzene rings is 1. The molecule has 0 aliphatic carbocycles. The number of anilines is 4. The van der Waals surface area contributed by atoms with Crippen LogP contribution in [-0.4, -0.2) is 37.2 Å². The number of fused-ring (bicyclic) bond motifs is 1. The summed E-state index contributed by atoms with van der Waals surface area (Å²) in [6, 6.07) is 7.11. The molecule has 1 atom stereocenters. The van der Waals surface area contributed by atoms with E-state index in [9.17, 15) is 4.79 Å². The van der Waals surface area contributed by atoms with E-state index < -0.39 is 0 Å². The third-order valence-electron chi connectivity index (χ3n) is 4.46. The van der Waals surface area contributed by atoms with Crippen molar-refractivity contribution in [3.8, 4) is 0 Å². The highest BCUT2D eigenvalue weighted by molar-refractivity contribution is 6.36. The van der Waals surface area contributed by atoms with Crippen LogP contribution in [0.5, 0.6) is 0 Å². The molecule has 3 rings (SSSR count). The minimum atomic E-state index is -0.138. The quantitative estimate of drug-likeness (QED) is 0.729. The van der Waals surface area contributed by atoms with Crippen molar-refractivity contribution >= 4 is 52.0 Å². The molecule has 27 heavy (non-hydrogen) atoms. The Morgan fingerprint density at radius 3 is 2.81 bits per heavy atom. The van der Waals surface area contributed by atoms with Gasteiger partial charge >= 0.3 is 0 Å². The maximum atomic E-state index is 12.4. The molecular weight excluding hydrogens is 387 g/mol. The highest BCUT2D eigenvalue weighted by Crippen LogP contribution is 2.41. The summed E-state index contributed by atoms with van der Waals surface area (Å²) in [7, 11) is 1.69. The van der Waals surface area contributed by atoms with Gasteiger partial charge in [-0.3, -0.25) is 4.79 Å². The Balaban J connectivity index is 2.02. The molecule has 0 fully saturated rings. The summed E-state index contributed by atoms with van der Waals surface area (Å²) >= 11 is 12.4. The molecule has 1 aromatic heterocycles. The fourth-order valence-electron chi connectivity index (χ4n) is 3.03. The first-order chi connectivity index (χ1) is 12.9. The minimum absolute atomic E-state index is 0.0789. The number of pyridine rings is 1. The van der Waals surface area contributed by atoms with Gasteiger partial charge in [0.1, 0.15) is 12.2 Å². The SMILES string of the molecule is CCC(CNc1cc(C)nc2c1NC(=O)CN2c1ccc(Cl)cc1Cl)OC. The molecule has 6 nitrogen and oxygen atoms in total. The highest BCUT2D eigenvalue weighted by Gasteiger charge is 2.28. The number of nitrogens with zero attached hydrogens (tertiary/aromatic N) is 2. The summed E-state index contributed by atoms with van der Waals surface area (Å²) in [4.78, 5) is 18.8. The predicted molar refractivity (Wildman–Crippen MR) is 111 cm³/mol. The second kappa shape index (κ2) is 8.33. The lowest BCUT2D eigenvalue weighted by molar-refractivity contribution is -0.115. The number of hydrogen-bond acceptors (Lipinski definition) is 5. The smallest absolute Gasteiger partial charge is 0.244 e. The zero-order chi connectivity index (χ0) is 19.6. The molecule has 2 aromatic rings. The van der Waals surface area contributed by atoms with E-state index in [1.54, 1.807) is 30.2 Å². The molecule has 1 unspecified atom stereocenters. The number of nitrogens with one attached hydrogen (secondary N) is 2. The molecule has 0 spiro atoms. The molecule has 1 aliphatic rings. The van der Waals surface area contributed by atoms with Gasteiger partial charge in [-0.15, -0.1) is 0 Å². The normalized spacial score (nSPS) is 14.6. The van der Waals surface area contributed by atoms with Gasteiger partial charge in [0.2, 0.25) is 5.91 Å². The van der Waals surface area contributed by atoms with Crippen LogP contribution in [0.15, 0.2) is 24.3 Å². The van der Waals surface area contributed by atoms with E-state index >= 15 is 0 Å². The van der Waals surface area contributed by atoms with Crippen LogP contribution in [0.4, 0.5) is 22.9 Å². The Bertz CT molecular complexity index is 856. The van der Waals surface area contributed by atoms with E-state index in [2.05, 4.69) is 22.5 Å².